The summed E-state index contributed by atoms with van der Waals surface area (Å²) in [5, 5.41) is 12.8. The van der Waals surface area contributed by atoms with Gasteiger partial charge in [0, 0.05) is 12.2 Å². The van der Waals surface area contributed by atoms with E-state index in [0.29, 0.717) is 18.9 Å². The largest absolute Gasteiger partial charge is 0.508 e. The maximum Gasteiger partial charge on any atom is 0.119 e. The Morgan fingerprint density at radius 3 is 2.68 bits per heavy atom. The lowest BCUT2D eigenvalue weighted by atomic mass is 10.1. The van der Waals surface area contributed by atoms with Crippen LogP contribution in [0.1, 0.15) is 18.1 Å². The molecule has 0 heterocycles. The van der Waals surface area contributed by atoms with Crippen molar-refractivity contribution in [3.63, 3.8) is 0 Å². The number of ether oxygens (including phenoxy) is 1. The van der Waals surface area contributed by atoms with Crippen LogP contribution >= 0.6 is 0 Å². The summed E-state index contributed by atoms with van der Waals surface area (Å²) in [6, 6.07) is 13.3. The molecule has 0 aliphatic carbocycles. The van der Waals surface area contributed by atoms with Gasteiger partial charge in [0.25, 0.3) is 0 Å². The van der Waals surface area contributed by atoms with E-state index in [9.17, 15) is 5.11 Å². The molecule has 0 spiro atoms. The first-order valence-corrected chi connectivity index (χ1v) is 6.44. The summed E-state index contributed by atoms with van der Waals surface area (Å²) in [6.45, 7) is 5.38. The fourth-order valence-electron chi connectivity index (χ4n) is 1.95. The zero-order chi connectivity index (χ0) is 13.7. The van der Waals surface area contributed by atoms with Crippen molar-refractivity contribution in [1.29, 1.82) is 0 Å². The fraction of sp³-hybridized carbons (Fsp3) is 0.250. The number of hydrogen-bond acceptors (Lipinski definition) is 3. The molecule has 2 rings (SSSR count). The van der Waals surface area contributed by atoms with Crippen molar-refractivity contribution in [2.24, 2.45) is 0 Å². The highest BCUT2D eigenvalue weighted by molar-refractivity contribution is 5.54. The second-order valence-corrected chi connectivity index (χ2v) is 4.43. The number of aromatic hydroxyl groups is 1. The lowest BCUT2D eigenvalue weighted by Crippen LogP contribution is -2.01. The first-order chi connectivity index (χ1) is 9.19. The Morgan fingerprint density at radius 1 is 1.16 bits per heavy atom. The highest BCUT2D eigenvalue weighted by atomic mass is 16.5. The minimum Gasteiger partial charge on any atom is -0.508 e. The summed E-state index contributed by atoms with van der Waals surface area (Å²) in [4.78, 5) is 0. The van der Waals surface area contributed by atoms with Crippen molar-refractivity contribution in [1.82, 2.24) is 0 Å². The highest BCUT2D eigenvalue weighted by Crippen LogP contribution is 2.22. The van der Waals surface area contributed by atoms with Gasteiger partial charge in [-0.2, -0.15) is 0 Å². The van der Waals surface area contributed by atoms with E-state index in [1.54, 1.807) is 12.1 Å². The van der Waals surface area contributed by atoms with Gasteiger partial charge in [0.1, 0.15) is 11.5 Å². The van der Waals surface area contributed by atoms with E-state index in [1.165, 1.54) is 0 Å². The molecule has 0 radical (unpaired) electrons. The topological polar surface area (TPSA) is 41.5 Å². The number of phenols is 1. The van der Waals surface area contributed by atoms with Crippen LogP contribution in [0.15, 0.2) is 42.5 Å². The third kappa shape index (κ3) is 3.65. The summed E-state index contributed by atoms with van der Waals surface area (Å²) >= 11 is 0. The number of anilines is 1. The van der Waals surface area contributed by atoms with Crippen LogP contribution in [0.25, 0.3) is 0 Å². The Hall–Kier alpha value is -2.16. The summed E-state index contributed by atoms with van der Waals surface area (Å²) < 4.78 is 5.46. The summed E-state index contributed by atoms with van der Waals surface area (Å²) in [5.74, 6) is 1.19. The zero-order valence-electron chi connectivity index (χ0n) is 11.3. The minimum atomic E-state index is 0.294. The molecule has 3 nitrogen and oxygen atoms in total. The zero-order valence-corrected chi connectivity index (χ0v) is 11.3. The van der Waals surface area contributed by atoms with Crippen LogP contribution in [0, 0.1) is 6.92 Å². The van der Waals surface area contributed by atoms with Crippen LogP contribution in [0.2, 0.25) is 0 Å². The number of aryl methyl sites for hydroxylation is 1. The van der Waals surface area contributed by atoms with E-state index in [4.69, 9.17) is 4.74 Å². The van der Waals surface area contributed by atoms with E-state index in [0.717, 1.165) is 22.6 Å². The SMILES string of the molecule is CCOc1ccc(NCc2cccc(O)c2)c(C)c1. The van der Waals surface area contributed by atoms with Gasteiger partial charge in [0.2, 0.25) is 0 Å². The Balaban J connectivity index is 2.03. The average Bonchev–Trinajstić information content (AvgIpc) is 2.38. The molecule has 0 bridgehead atoms. The van der Waals surface area contributed by atoms with Crippen LogP contribution < -0.4 is 10.1 Å². The second kappa shape index (κ2) is 6.14. The Kier molecular flexibility index (Phi) is 4.29. The third-order valence-electron chi connectivity index (χ3n) is 2.90. The van der Waals surface area contributed by atoms with E-state index in [-0.39, 0.29) is 0 Å². The van der Waals surface area contributed by atoms with Gasteiger partial charge in [-0.1, -0.05) is 12.1 Å². The molecular weight excluding hydrogens is 238 g/mol. The van der Waals surface area contributed by atoms with Crippen LogP contribution in [0.3, 0.4) is 0 Å². The number of benzene rings is 2. The Labute approximate surface area is 113 Å². The van der Waals surface area contributed by atoms with Gasteiger partial charge >= 0.3 is 0 Å². The van der Waals surface area contributed by atoms with Gasteiger partial charge in [-0.3, -0.25) is 0 Å². The molecule has 0 saturated heterocycles. The maximum atomic E-state index is 9.42. The van der Waals surface area contributed by atoms with Gasteiger partial charge < -0.3 is 15.2 Å². The lowest BCUT2D eigenvalue weighted by Gasteiger charge is -2.11. The third-order valence-corrected chi connectivity index (χ3v) is 2.90. The first kappa shape index (κ1) is 13.3. The molecule has 0 atom stereocenters. The Bertz CT molecular complexity index is 552. The highest BCUT2D eigenvalue weighted by Gasteiger charge is 2.01. The van der Waals surface area contributed by atoms with Gasteiger partial charge in [0.05, 0.1) is 6.61 Å². The molecule has 0 aliphatic rings. The van der Waals surface area contributed by atoms with E-state index in [2.05, 4.69) is 5.32 Å². The Morgan fingerprint density at radius 2 is 2.00 bits per heavy atom. The molecular formula is C16H19NO2. The smallest absolute Gasteiger partial charge is 0.119 e. The van der Waals surface area contributed by atoms with Crippen molar-refractivity contribution in [2.75, 3.05) is 11.9 Å². The van der Waals surface area contributed by atoms with Crippen molar-refractivity contribution in [3.05, 3.63) is 53.6 Å². The molecule has 19 heavy (non-hydrogen) atoms. The molecule has 2 aromatic rings. The van der Waals surface area contributed by atoms with Gasteiger partial charge in [-0.05, 0) is 55.3 Å². The molecule has 0 unspecified atom stereocenters. The second-order valence-electron chi connectivity index (χ2n) is 4.43. The van der Waals surface area contributed by atoms with Crippen molar-refractivity contribution in [3.8, 4) is 11.5 Å². The van der Waals surface area contributed by atoms with Crippen molar-refractivity contribution >= 4 is 5.69 Å². The van der Waals surface area contributed by atoms with Gasteiger partial charge in [0.15, 0.2) is 0 Å². The standard InChI is InChI=1S/C16H19NO2/c1-3-19-15-7-8-16(12(2)9-15)17-11-13-5-4-6-14(18)10-13/h4-10,17-18H,3,11H2,1-2H3. The van der Waals surface area contributed by atoms with Gasteiger partial charge in [-0.25, -0.2) is 0 Å². The average molecular weight is 257 g/mol. The predicted octanol–water partition coefficient (Wildman–Crippen LogP) is 3.71. The number of rotatable bonds is 5. The normalized spacial score (nSPS) is 10.2. The first-order valence-electron chi connectivity index (χ1n) is 6.44. The molecule has 0 fully saturated rings. The molecule has 2 aromatic carbocycles. The van der Waals surface area contributed by atoms with Gasteiger partial charge in [-0.15, -0.1) is 0 Å². The van der Waals surface area contributed by atoms with Crippen molar-refractivity contribution < 1.29 is 9.84 Å². The van der Waals surface area contributed by atoms with E-state index >= 15 is 0 Å². The summed E-state index contributed by atoms with van der Waals surface area (Å²) in [6.07, 6.45) is 0. The molecule has 0 amide bonds. The van der Waals surface area contributed by atoms with E-state index < -0.39 is 0 Å². The molecule has 100 valence electrons. The van der Waals surface area contributed by atoms with Crippen LogP contribution in [-0.4, -0.2) is 11.7 Å². The minimum absolute atomic E-state index is 0.294. The lowest BCUT2D eigenvalue weighted by molar-refractivity contribution is 0.340. The molecule has 0 saturated carbocycles. The van der Waals surface area contributed by atoms with E-state index in [1.807, 2.05) is 44.2 Å². The molecule has 2 N–H and O–H groups in total. The number of hydrogen-bond donors (Lipinski definition) is 2. The number of phenolic OH excluding ortho intramolecular Hbond substituents is 1. The maximum absolute atomic E-state index is 9.42. The summed E-state index contributed by atoms with van der Waals surface area (Å²) in [5.41, 5.74) is 3.27. The van der Waals surface area contributed by atoms with Crippen molar-refractivity contribution in [2.45, 2.75) is 20.4 Å². The number of nitrogens with one attached hydrogen (secondary N) is 1. The van der Waals surface area contributed by atoms with Crippen LogP contribution in [0.4, 0.5) is 5.69 Å². The molecule has 0 aliphatic heterocycles. The monoisotopic (exact) mass is 257 g/mol. The van der Waals surface area contributed by atoms with Crippen LogP contribution in [0.5, 0.6) is 11.5 Å². The fourth-order valence-corrected chi connectivity index (χ4v) is 1.95. The predicted molar refractivity (Wildman–Crippen MR) is 77.8 cm³/mol. The molecule has 0 aromatic heterocycles. The van der Waals surface area contributed by atoms with Crippen LogP contribution in [-0.2, 0) is 6.54 Å². The molecule has 3 heteroatoms. The quantitative estimate of drug-likeness (QED) is 0.858. The summed E-state index contributed by atoms with van der Waals surface area (Å²) in [7, 11) is 0.